The van der Waals surface area contributed by atoms with Crippen molar-refractivity contribution in [2.45, 2.75) is 92.3 Å². The first-order valence-electron chi connectivity index (χ1n) is 8.36. The first kappa shape index (κ1) is 21.8. The topological polar surface area (TPSA) is 72.5 Å². The molecule has 1 N–H and O–H groups in total. The standard InChI is InChI=1S/C18H33NO4/c1-9-14(21)13(11-16(22)23-17(4,5)6)19-15(10-2)18(7,8)12(3)20/h13,15,19H,9-11H2,1-8H3/t13-,15?/m0/s1. The largest absolute Gasteiger partial charge is 0.460 e. The highest BCUT2D eigenvalue weighted by molar-refractivity contribution is 5.88. The van der Waals surface area contributed by atoms with Crippen LogP contribution in [0, 0.1) is 5.41 Å². The number of hydrogen-bond acceptors (Lipinski definition) is 5. The van der Waals surface area contributed by atoms with Crippen LogP contribution in [0.25, 0.3) is 0 Å². The lowest BCUT2D eigenvalue weighted by molar-refractivity contribution is -0.156. The van der Waals surface area contributed by atoms with Crippen molar-refractivity contribution in [2.24, 2.45) is 5.41 Å². The van der Waals surface area contributed by atoms with E-state index in [4.69, 9.17) is 4.74 Å². The molecular weight excluding hydrogens is 294 g/mol. The number of ketones is 2. The van der Waals surface area contributed by atoms with E-state index in [9.17, 15) is 14.4 Å². The van der Waals surface area contributed by atoms with Crippen molar-refractivity contribution >= 4 is 17.5 Å². The Morgan fingerprint density at radius 1 is 1.04 bits per heavy atom. The Labute approximate surface area is 140 Å². The maximum Gasteiger partial charge on any atom is 0.308 e. The van der Waals surface area contributed by atoms with E-state index in [2.05, 4.69) is 5.32 Å². The predicted octanol–water partition coefficient (Wildman–Crippen LogP) is 3.05. The van der Waals surface area contributed by atoms with Gasteiger partial charge in [0.2, 0.25) is 0 Å². The minimum Gasteiger partial charge on any atom is -0.460 e. The van der Waals surface area contributed by atoms with Gasteiger partial charge >= 0.3 is 5.97 Å². The van der Waals surface area contributed by atoms with Gasteiger partial charge in [-0.25, -0.2) is 0 Å². The molecule has 5 heteroatoms. The van der Waals surface area contributed by atoms with Crippen molar-refractivity contribution in [3.8, 4) is 0 Å². The molecule has 0 aliphatic heterocycles. The molecule has 0 saturated heterocycles. The second kappa shape index (κ2) is 8.57. The third kappa shape index (κ3) is 7.25. The first-order valence-corrected chi connectivity index (χ1v) is 8.36. The van der Waals surface area contributed by atoms with Gasteiger partial charge in [0.05, 0.1) is 12.5 Å². The Bertz CT molecular complexity index is 435. The minimum absolute atomic E-state index is 0.0194. The predicted molar refractivity (Wildman–Crippen MR) is 91.2 cm³/mol. The fourth-order valence-electron chi connectivity index (χ4n) is 2.39. The zero-order chi connectivity index (χ0) is 18.4. The lowest BCUT2D eigenvalue weighted by Crippen LogP contribution is -2.52. The Morgan fingerprint density at radius 3 is 1.91 bits per heavy atom. The smallest absolute Gasteiger partial charge is 0.308 e. The Hall–Kier alpha value is -1.23. The fourth-order valence-corrected chi connectivity index (χ4v) is 2.39. The summed E-state index contributed by atoms with van der Waals surface area (Å²) in [5.41, 5.74) is -1.19. The zero-order valence-electron chi connectivity index (χ0n) is 15.9. The molecule has 5 nitrogen and oxygen atoms in total. The van der Waals surface area contributed by atoms with E-state index in [1.807, 2.05) is 20.8 Å². The number of ether oxygens (including phenoxy) is 1. The maximum atomic E-state index is 12.2. The highest BCUT2D eigenvalue weighted by Gasteiger charge is 2.36. The average molecular weight is 327 g/mol. The monoisotopic (exact) mass is 327 g/mol. The fraction of sp³-hybridized carbons (Fsp3) is 0.833. The SMILES string of the molecule is CCC(=O)[C@H](CC(=O)OC(C)(C)C)NC(CC)C(C)(C)C(C)=O. The van der Waals surface area contributed by atoms with Gasteiger partial charge in [-0.3, -0.25) is 14.4 Å². The van der Waals surface area contributed by atoms with Crippen molar-refractivity contribution in [3.63, 3.8) is 0 Å². The second-order valence-electron chi connectivity index (χ2n) is 7.57. The van der Waals surface area contributed by atoms with Gasteiger partial charge in [0.15, 0.2) is 0 Å². The van der Waals surface area contributed by atoms with Gasteiger partial charge in [-0.1, -0.05) is 27.7 Å². The van der Waals surface area contributed by atoms with Crippen LogP contribution in [0.15, 0.2) is 0 Å². The van der Waals surface area contributed by atoms with Crippen LogP contribution in [0.3, 0.4) is 0 Å². The van der Waals surface area contributed by atoms with E-state index < -0.39 is 23.0 Å². The van der Waals surface area contributed by atoms with Gasteiger partial charge in [-0.15, -0.1) is 0 Å². The van der Waals surface area contributed by atoms with Crippen molar-refractivity contribution in [1.29, 1.82) is 0 Å². The molecule has 23 heavy (non-hydrogen) atoms. The van der Waals surface area contributed by atoms with Gasteiger partial charge in [-0.2, -0.15) is 0 Å². The third-order valence-corrected chi connectivity index (χ3v) is 4.12. The summed E-state index contributed by atoms with van der Waals surface area (Å²) in [5, 5.41) is 3.22. The van der Waals surface area contributed by atoms with Crippen LogP contribution in [0.2, 0.25) is 0 Å². The lowest BCUT2D eigenvalue weighted by Gasteiger charge is -2.35. The van der Waals surface area contributed by atoms with E-state index in [0.29, 0.717) is 12.8 Å². The zero-order valence-corrected chi connectivity index (χ0v) is 15.9. The number of carbonyl (C=O) groups excluding carboxylic acids is 3. The maximum absolute atomic E-state index is 12.2. The normalized spacial score (nSPS) is 15.0. The van der Waals surface area contributed by atoms with Crippen molar-refractivity contribution in [2.75, 3.05) is 0 Å². The molecular formula is C18H33NO4. The highest BCUT2D eigenvalue weighted by Crippen LogP contribution is 2.25. The minimum atomic E-state index is -0.626. The number of carbonyl (C=O) groups is 3. The second-order valence-corrected chi connectivity index (χ2v) is 7.57. The molecule has 0 spiro atoms. The first-order chi connectivity index (χ1) is 10.3. The average Bonchev–Trinajstić information content (AvgIpc) is 2.39. The molecule has 0 aliphatic rings. The highest BCUT2D eigenvalue weighted by atomic mass is 16.6. The summed E-state index contributed by atoms with van der Waals surface area (Å²) in [6, 6.07) is -0.804. The van der Waals surface area contributed by atoms with Crippen molar-refractivity contribution < 1.29 is 19.1 Å². The van der Waals surface area contributed by atoms with Crippen LogP contribution < -0.4 is 5.32 Å². The van der Waals surface area contributed by atoms with Gasteiger partial charge in [0.25, 0.3) is 0 Å². The molecule has 0 heterocycles. The number of Topliss-reactive ketones (excluding diaryl/α,β-unsaturated/α-hetero) is 2. The third-order valence-electron chi connectivity index (χ3n) is 4.12. The molecule has 0 aromatic rings. The van der Waals surface area contributed by atoms with Gasteiger partial charge in [-0.05, 0) is 34.1 Å². The Morgan fingerprint density at radius 2 is 1.57 bits per heavy atom. The molecule has 0 aromatic heterocycles. The molecule has 0 rings (SSSR count). The molecule has 1 unspecified atom stereocenters. The summed E-state index contributed by atoms with van der Waals surface area (Å²) < 4.78 is 5.31. The number of esters is 1. The van der Waals surface area contributed by atoms with E-state index in [1.54, 1.807) is 34.6 Å². The Balaban J connectivity index is 5.15. The van der Waals surface area contributed by atoms with Gasteiger partial charge < -0.3 is 10.1 Å². The summed E-state index contributed by atoms with van der Waals surface area (Å²) in [4.78, 5) is 36.1. The number of hydrogen-bond donors (Lipinski definition) is 1. The summed E-state index contributed by atoms with van der Waals surface area (Å²) in [6.45, 7) is 14.4. The van der Waals surface area contributed by atoms with Crippen LogP contribution in [0.4, 0.5) is 0 Å². The summed E-state index contributed by atoms with van der Waals surface area (Å²) in [7, 11) is 0. The molecule has 0 fully saturated rings. The number of rotatable bonds is 9. The van der Waals surface area contributed by atoms with Crippen LogP contribution in [0.5, 0.6) is 0 Å². The van der Waals surface area contributed by atoms with Crippen LogP contribution in [0.1, 0.15) is 74.7 Å². The van der Waals surface area contributed by atoms with Crippen molar-refractivity contribution in [3.05, 3.63) is 0 Å². The molecule has 0 aromatic carbocycles. The molecule has 2 atom stereocenters. The molecule has 0 radical (unpaired) electrons. The van der Waals surface area contributed by atoms with E-state index in [-0.39, 0.29) is 24.0 Å². The number of nitrogens with one attached hydrogen (secondary N) is 1. The van der Waals surface area contributed by atoms with Crippen molar-refractivity contribution in [1.82, 2.24) is 5.32 Å². The van der Waals surface area contributed by atoms with E-state index in [0.717, 1.165) is 0 Å². The Kier molecular flexibility index (Phi) is 8.12. The van der Waals surface area contributed by atoms with Crippen LogP contribution >= 0.6 is 0 Å². The van der Waals surface area contributed by atoms with E-state index in [1.165, 1.54) is 0 Å². The molecule has 0 amide bonds. The molecule has 134 valence electrons. The quantitative estimate of drug-likeness (QED) is 0.659. The molecule has 0 saturated carbocycles. The van der Waals surface area contributed by atoms with Crippen LogP contribution in [-0.2, 0) is 19.1 Å². The van der Waals surface area contributed by atoms with Gasteiger partial charge in [0, 0.05) is 17.9 Å². The van der Waals surface area contributed by atoms with E-state index >= 15 is 0 Å². The summed E-state index contributed by atoms with van der Waals surface area (Å²) in [6.07, 6.45) is 1.00. The lowest BCUT2D eigenvalue weighted by atomic mass is 9.79. The summed E-state index contributed by atoms with van der Waals surface area (Å²) >= 11 is 0. The molecule has 0 bridgehead atoms. The van der Waals surface area contributed by atoms with Crippen LogP contribution in [-0.4, -0.2) is 35.2 Å². The summed E-state index contributed by atoms with van der Waals surface area (Å²) in [5.74, 6) is -0.405. The van der Waals surface area contributed by atoms with Gasteiger partial charge in [0.1, 0.15) is 17.2 Å². The molecule has 0 aliphatic carbocycles.